The number of carbonyl (C=O) groups is 3. The molecule has 3 N–H and O–H groups in total. The van der Waals surface area contributed by atoms with Crippen molar-refractivity contribution in [1.29, 1.82) is 0 Å². The molecule has 3 aliphatic heterocycles. The van der Waals surface area contributed by atoms with E-state index in [9.17, 15) is 14.4 Å². The highest BCUT2D eigenvalue weighted by molar-refractivity contribution is 6.05. The second kappa shape index (κ2) is 9.71. The van der Waals surface area contributed by atoms with Crippen molar-refractivity contribution in [2.75, 3.05) is 19.6 Å². The number of amides is 3. The van der Waals surface area contributed by atoms with Crippen LogP contribution in [-0.2, 0) is 22.7 Å². The van der Waals surface area contributed by atoms with Crippen LogP contribution in [0, 0.1) is 5.92 Å². The molecule has 2 saturated heterocycles. The van der Waals surface area contributed by atoms with Gasteiger partial charge in [-0.3, -0.25) is 19.7 Å². The molecule has 1 aromatic rings. The van der Waals surface area contributed by atoms with Crippen LogP contribution in [0.1, 0.15) is 66.4 Å². The van der Waals surface area contributed by atoms with Gasteiger partial charge in [-0.25, -0.2) is 0 Å². The van der Waals surface area contributed by atoms with Crippen LogP contribution in [0.3, 0.4) is 0 Å². The van der Waals surface area contributed by atoms with E-state index >= 15 is 0 Å². The van der Waals surface area contributed by atoms with Gasteiger partial charge in [0.2, 0.25) is 11.8 Å². The normalized spacial score (nSPS) is 24.1. The molecule has 7 heteroatoms. The fourth-order valence-electron chi connectivity index (χ4n) is 4.82. The number of hydrogen-bond acceptors (Lipinski definition) is 5. The van der Waals surface area contributed by atoms with Crippen LogP contribution in [0.2, 0.25) is 0 Å². The van der Waals surface area contributed by atoms with Crippen LogP contribution in [0.15, 0.2) is 18.2 Å². The molecule has 3 heterocycles. The number of unbranched alkanes of at least 4 members (excludes halogenated alkanes) is 1. The average Bonchev–Trinajstić information content (AvgIpc) is 3.07. The van der Waals surface area contributed by atoms with E-state index in [-0.39, 0.29) is 24.1 Å². The van der Waals surface area contributed by atoms with Crippen molar-refractivity contribution >= 4 is 17.7 Å². The van der Waals surface area contributed by atoms with Crippen LogP contribution in [0.5, 0.6) is 0 Å². The summed E-state index contributed by atoms with van der Waals surface area (Å²) in [6.07, 6.45) is 7.11. The van der Waals surface area contributed by atoms with Gasteiger partial charge in [0.15, 0.2) is 0 Å². The summed E-state index contributed by atoms with van der Waals surface area (Å²) in [5.74, 6) is 0.110. The number of imide groups is 1. The summed E-state index contributed by atoms with van der Waals surface area (Å²) >= 11 is 0. The van der Waals surface area contributed by atoms with Gasteiger partial charge in [-0.2, -0.15) is 0 Å². The third-order valence-electron chi connectivity index (χ3n) is 6.53. The fraction of sp³-hybridized carbons (Fsp3) is 0.609. The molecular weight excluding hydrogens is 380 g/mol. The van der Waals surface area contributed by atoms with Gasteiger partial charge in [-0.15, -0.1) is 0 Å². The average molecular weight is 413 g/mol. The summed E-state index contributed by atoms with van der Waals surface area (Å²) in [6, 6.07) is 5.38. The van der Waals surface area contributed by atoms with Crippen molar-refractivity contribution in [3.8, 4) is 0 Å². The molecule has 0 aromatic heterocycles. The molecule has 0 spiro atoms. The third-order valence-corrected chi connectivity index (χ3v) is 6.53. The third kappa shape index (κ3) is 4.90. The first-order valence-corrected chi connectivity index (χ1v) is 11.3. The Labute approximate surface area is 178 Å². The Morgan fingerprint density at radius 1 is 1.13 bits per heavy atom. The van der Waals surface area contributed by atoms with E-state index in [0.717, 1.165) is 30.1 Å². The van der Waals surface area contributed by atoms with Crippen LogP contribution >= 0.6 is 0 Å². The SMILES string of the molecule is O=C1CCC(N2Cc3cc(CNCCCCC4CCCNC4)ccc3C2=O)C(=O)N1. The molecule has 0 radical (unpaired) electrons. The molecule has 162 valence electrons. The fourth-order valence-corrected chi connectivity index (χ4v) is 4.82. The largest absolute Gasteiger partial charge is 0.322 e. The van der Waals surface area contributed by atoms with Gasteiger partial charge in [0.1, 0.15) is 6.04 Å². The molecule has 2 atom stereocenters. The minimum atomic E-state index is -0.552. The van der Waals surface area contributed by atoms with E-state index in [2.05, 4.69) is 22.0 Å². The van der Waals surface area contributed by atoms with Crippen molar-refractivity contribution in [3.63, 3.8) is 0 Å². The van der Waals surface area contributed by atoms with Gasteiger partial charge in [0.25, 0.3) is 5.91 Å². The molecule has 0 aliphatic carbocycles. The molecule has 2 unspecified atom stereocenters. The Morgan fingerprint density at radius 3 is 2.83 bits per heavy atom. The second-order valence-electron chi connectivity index (χ2n) is 8.78. The number of fused-ring (bicyclic) bond motifs is 1. The predicted octanol–water partition coefficient (Wildman–Crippen LogP) is 1.71. The zero-order valence-electron chi connectivity index (χ0n) is 17.5. The van der Waals surface area contributed by atoms with Gasteiger partial charge < -0.3 is 15.5 Å². The van der Waals surface area contributed by atoms with Crippen molar-refractivity contribution in [3.05, 3.63) is 34.9 Å². The van der Waals surface area contributed by atoms with Crippen LogP contribution in [0.4, 0.5) is 0 Å². The lowest BCUT2D eigenvalue weighted by molar-refractivity contribution is -0.136. The number of carbonyl (C=O) groups excluding carboxylic acids is 3. The van der Waals surface area contributed by atoms with Crippen molar-refractivity contribution in [1.82, 2.24) is 20.9 Å². The molecule has 30 heavy (non-hydrogen) atoms. The topological polar surface area (TPSA) is 90.5 Å². The molecule has 3 amide bonds. The number of benzene rings is 1. The zero-order chi connectivity index (χ0) is 20.9. The summed E-state index contributed by atoms with van der Waals surface area (Å²) in [6.45, 7) is 4.57. The molecule has 0 saturated carbocycles. The van der Waals surface area contributed by atoms with E-state index in [1.807, 2.05) is 12.1 Å². The Bertz CT molecular complexity index is 804. The van der Waals surface area contributed by atoms with Gasteiger partial charge >= 0.3 is 0 Å². The van der Waals surface area contributed by atoms with Crippen molar-refractivity contribution in [2.45, 2.75) is 64.1 Å². The maximum atomic E-state index is 12.7. The van der Waals surface area contributed by atoms with Gasteiger partial charge in [0.05, 0.1) is 0 Å². The minimum Gasteiger partial charge on any atom is -0.322 e. The highest BCUT2D eigenvalue weighted by Gasteiger charge is 2.38. The second-order valence-corrected chi connectivity index (χ2v) is 8.78. The zero-order valence-corrected chi connectivity index (χ0v) is 17.5. The number of rotatable bonds is 8. The number of piperidine rings is 2. The number of nitrogens with zero attached hydrogens (tertiary/aromatic N) is 1. The highest BCUT2D eigenvalue weighted by Crippen LogP contribution is 2.28. The van der Waals surface area contributed by atoms with E-state index in [0.29, 0.717) is 18.5 Å². The summed E-state index contributed by atoms with van der Waals surface area (Å²) in [4.78, 5) is 37.9. The summed E-state index contributed by atoms with van der Waals surface area (Å²) in [5.41, 5.74) is 2.79. The number of hydrogen-bond donors (Lipinski definition) is 3. The van der Waals surface area contributed by atoms with E-state index in [4.69, 9.17) is 0 Å². The first-order valence-electron chi connectivity index (χ1n) is 11.3. The Morgan fingerprint density at radius 2 is 2.03 bits per heavy atom. The van der Waals surface area contributed by atoms with Gasteiger partial charge in [-0.05, 0) is 74.8 Å². The first-order chi connectivity index (χ1) is 14.6. The van der Waals surface area contributed by atoms with Gasteiger partial charge in [0, 0.05) is 25.1 Å². The lowest BCUT2D eigenvalue weighted by Crippen LogP contribution is -2.52. The highest BCUT2D eigenvalue weighted by atomic mass is 16.2. The van der Waals surface area contributed by atoms with E-state index < -0.39 is 6.04 Å². The summed E-state index contributed by atoms with van der Waals surface area (Å²) in [5, 5.41) is 9.34. The molecule has 4 rings (SSSR count). The predicted molar refractivity (Wildman–Crippen MR) is 114 cm³/mol. The lowest BCUT2D eigenvalue weighted by Gasteiger charge is -2.29. The molecule has 3 aliphatic rings. The molecule has 0 bridgehead atoms. The smallest absolute Gasteiger partial charge is 0.255 e. The standard InChI is InChI=1S/C23H32N4O3/c28-21-9-8-20(22(29)26-21)27-15-18-12-17(6-7-19(18)23(27)30)14-24-10-2-1-4-16-5-3-11-25-13-16/h6-7,12,16,20,24-25H,1-5,8-11,13-15H2,(H,26,28,29). The summed E-state index contributed by atoms with van der Waals surface area (Å²) in [7, 11) is 0. The maximum Gasteiger partial charge on any atom is 0.255 e. The quantitative estimate of drug-likeness (QED) is 0.447. The summed E-state index contributed by atoms with van der Waals surface area (Å²) < 4.78 is 0. The molecule has 1 aromatic carbocycles. The van der Waals surface area contributed by atoms with Crippen molar-refractivity contribution in [2.24, 2.45) is 5.92 Å². The number of nitrogens with one attached hydrogen (secondary N) is 3. The lowest BCUT2D eigenvalue weighted by atomic mass is 9.94. The van der Waals surface area contributed by atoms with E-state index in [1.165, 1.54) is 45.2 Å². The van der Waals surface area contributed by atoms with Gasteiger partial charge in [-0.1, -0.05) is 18.6 Å². The molecule has 2 fully saturated rings. The van der Waals surface area contributed by atoms with Crippen LogP contribution in [0.25, 0.3) is 0 Å². The van der Waals surface area contributed by atoms with Crippen LogP contribution < -0.4 is 16.0 Å². The Hall–Kier alpha value is -2.25. The minimum absolute atomic E-state index is 0.115. The van der Waals surface area contributed by atoms with E-state index in [1.54, 1.807) is 4.90 Å². The Balaban J connectivity index is 1.23. The molecular formula is C23H32N4O3. The maximum absolute atomic E-state index is 12.7. The van der Waals surface area contributed by atoms with Crippen LogP contribution in [-0.4, -0.2) is 48.3 Å². The Kier molecular flexibility index (Phi) is 6.79. The monoisotopic (exact) mass is 412 g/mol. The first kappa shape index (κ1) is 21.0. The molecule has 7 nitrogen and oxygen atoms in total. The van der Waals surface area contributed by atoms with Crippen molar-refractivity contribution < 1.29 is 14.4 Å².